The molecule has 0 bridgehead atoms. The van der Waals surface area contributed by atoms with E-state index in [0.717, 1.165) is 31.2 Å². The maximum absolute atomic E-state index is 13.3. The molecule has 1 aliphatic carbocycles. The number of carbonyl (C=O) groups excluding carboxylic acids is 3. The molecule has 8 nitrogen and oxygen atoms in total. The lowest BCUT2D eigenvalue weighted by Gasteiger charge is -2.43. The number of benzene rings is 1. The van der Waals surface area contributed by atoms with Crippen molar-refractivity contribution < 1.29 is 19.1 Å². The topological polar surface area (TPSA) is 82.2 Å². The van der Waals surface area contributed by atoms with E-state index in [4.69, 9.17) is 16.3 Å². The minimum absolute atomic E-state index is 0.0676. The molecule has 9 heteroatoms. The number of hydrogen-bond donors (Lipinski definition) is 1. The molecular formula is C27H37ClN4O4. The normalized spacial score (nSPS) is 23.7. The molecular weight excluding hydrogens is 480 g/mol. The van der Waals surface area contributed by atoms with Gasteiger partial charge in [0.1, 0.15) is 0 Å². The lowest BCUT2D eigenvalue weighted by Crippen LogP contribution is -2.57. The molecule has 196 valence electrons. The zero-order valence-electron chi connectivity index (χ0n) is 21.5. The number of carbonyl (C=O) groups is 3. The van der Waals surface area contributed by atoms with Crippen LogP contribution >= 0.6 is 11.6 Å². The molecule has 0 unspecified atom stereocenters. The second kappa shape index (κ2) is 11.6. The Bertz CT molecular complexity index is 1010. The van der Waals surface area contributed by atoms with Crippen molar-refractivity contribution in [2.24, 2.45) is 5.92 Å². The fraction of sp³-hybridized carbons (Fsp3) is 0.593. The zero-order chi connectivity index (χ0) is 25.8. The molecule has 0 spiro atoms. The maximum atomic E-state index is 13.3. The number of amides is 3. The van der Waals surface area contributed by atoms with E-state index in [1.54, 1.807) is 24.0 Å². The van der Waals surface area contributed by atoms with Crippen molar-refractivity contribution in [1.82, 2.24) is 20.0 Å². The Labute approximate surface area is 218 Å². The second-order valence-electron chi connectivity index (χ2n) is 9.86. The van der Waals surface area contributed by atoms with E-state index >= 15 is 0 Å². The molecule has 4 rings (SSSR count). The molecule has 0 aromatic heterocycles. The van der Waals surface area contributed by atoms with Crippen LogP contribution in [0.2, 0.25) is 5.02 Å². The van der Waals surface area contributed by atoms with Gasteiger partial charge in [0.15, 0.2) is 0 Å². The van der Waals surface area contributed by atoms with E-state index in [2.05, 4.69) is 17.1 Å². The Morgan fingerprint density at radius 1 is 1.11 bits per heavy atom. The highest BCUT2D eigenvalue weighted by atomic mass is 35.5. The molecule has 1 saturated carbocycles. The molecule has 1 aromatic carbocycles. The molecule has 1 N–H and O–H groups in total. The summed E-state index contributed by atoms with van der Waals surface area (Å²) in [4.78, 5) is 45.3. The summed E-state index contributed by atoms with van der Waals surface area (Å²) in [6.07, 6.45) is 4.26. The highest BCUT2D eigenvalue weighted by Gasteiger charge is 2.39. The summed E-state index contributed by atoms with van der Waals surface area (Å²) < 4.78 is 5.46. The summed E-state index contributed by atoms with van der Waals surface area (Å²) in [5, 5.41) is 3.57. The summed E-state index contributed by atoms with van der Waals surface area (Å²) in [6, 6.07) is 6.33. The molecule has 0 radical (unpaired) electrons. The van der Waals surface area contributed by atoms with Crippen LogP contribution in [0.5, 0.6) is 0 Å². The molecule has 3 aliphatic rings. The minimum atomic E-state index is -0.630. The second-order valence-corrected chi connectivity index (χ2v) is 10.3. The van der Waals surface area contributed by atoms with Crippen molar-refractivity contribution in [2.45, 2.75) is 58.5 Å². The number of urea groups is 1. The zero-order valence-corrected chi connectivity index (χ0v) is 22.2. The first-order valence-corrected chi connectivity index (χ1v) is 13.5. The summed E-state index contributed by atoms with van der Waals surface area (Å²) in [6.45, 7) is 8.86. The SMILES string of the molecule is CCOC(=O)C1=C(CN2CCN(C(=O)C3CCCC3)[C@@H](C)C2)N(CC)C(=O)N[C@@H]1c1ccc(Cl)cc1. The number of likely N-dealkylation sites (N-methyl/N-ethyl adjacent to an activating group) is 1. The maximum Gasteiger partial charge on any atom is 0.338 e. The average Bonchev–Trinajstić information content (AvgIpc) is 3.39. The minimum Gasteiger partial charge on any atom is -0.463 e. The number of halogens is 1. The highest BCUT2D eigenvalue weighted by molar-refractivity contribution is 6.30. The first-order valence-electron chi connectivity index (χ1n) is 13.1. The molecule has 1 aromatic rings. The van der Waals surface area contributed by atoms with Crippen molar-refractivity contribution in [2.75, 3.05) is 39.3 Å². The Kier molecular flexibility index (Phi) is 8.57. The Morgan fingerprint density at radius 3 is 2.42 bits per heavy atom. The molecule has 2 fully saturated rings. The quantitative estimate of drug-likeness (QED) is 0.555. The van der Waals surface area contributed by atoms with Gasteiger partial charge in [-0.3, -0.25) is 14.6 Å². The van der Waals surface area contributed by atoms with Gasteiger partial charge in [0.05, 0.1) is 18.2 Å². The van der Waals surface area contributed by atoms with Crippen molar-refractivity contribution in [1.29, 1.82) is 0 Å². The van der Waals surface area contributed by atoms with Gasteiger partial charge in [0.25, 0.3) is 0 Å². The van der Waals surface area contributed by atoms with Crippen LogP contribution in [0.15, 0.2) is 35.5 Å². The number of esters is 1. The smallest absolute Gasteiger partial charge is 0.338 e. The Balaban J connectivity index is 1.61. The van der Waals surface area contributed by atoms with Gasteiger partial charge in [0.2, 0.25) is 5.91 Å². The van der Waals surface area contributed by atoms with Gasteiger partial charge in [-0.2, -0.15) is 0 Å². The van der Waals surface area contributed by atoms with Crippen LogP contribution in [0.25, 0.3) is 0 Å². The predicted octanol–water partition coefficient (Wildman–Crippen LogP) is 3.97. The fourth-order valence-corrected chi connectivity index (χ4v) is 5.81. The van der Waals surface area contributed by atoms with Crippen LogP contribution in [0.4, 0.5) is 4.79 Å². The van der Waals surface area contributed by atoms with Gasteiger partial charge in [-0.25, -0.2) is 9.59 Å². The highest BCUT2D eigenvalue weighted by Crippen LogP contribution is 2.33. The summed E-state index contributed by atoms with van der Waals surface area (Å²) >= 11 is 6.09. The molecule has 2 heterocycles. The van der Waals surface area contributed by atoms with E-state index in [1.807, 2.05) is 24.0 Å². The Morgan fingerprint density at radius 2 is 1.81 bits per heavy atom. The van der Waals surface area contributed by atoms with E-state index < -0.39 is 12.0 Å². The van der Waals surface area contributed by atoms with E-state index in [9.17, 15) is 14.4 Å². The third-order valence-corrected chi connectivity index (χ3v) is 7.78. The van der Waals surface area contributed by atoms with Crippen molar-refractivity contribution >= 4 is 29.5 Å². The molecule has 2 aliphatic heterocycles. The number of ether oxygens (including phenoxy) is 1. The lowest BCUT2D eigenvalue weighted by molar-refractivity contribution is -0.140. The van der Waals surface area contributed by atoms with Crippen LogP contribution in [-0.2, 0) is 14.3 Å². The summed E-state index contributed by atoms with van der Waals surface area (Å²) in [5.41, 5.74) is 1.87. The van der Waals surface area contributed by atoms with Crippen LogP contribution < -0.4 is 5.32 Å². The summed E-state index contributed by atoms with van der Waals surface area (Å²) in [7, 11) is 0. The van der Waals surface area contributed by atoms with E-state index in [0.29, 0.717) is 49.0 Å². The molecule has 3 amide bonds. The Hall–Kier alpha value is -2.58. The van der Waals surface area contributed by atoms with Crippen LogP contribution in [0.1, 0.15) is 58.1 Å². The largest absolute Gasteiger partial charge is 0.463 e. The van der Waals surface area contributed by atoms with E-state index in [1.165, 1.54) is 0 Å². The van der Waals surface area contributed by atoms with Gasteiger partial charge < -0.3 is 15.0 Å². The van der Waals surface area contributed by atoms with Gasteiger partial charge in [-0.15, -0.1) is 0 Å². The van der Waals surface area contributed by atoms with Crippen LogP contribution in [-0.4, -0.2) is 78.0 Å². The van der Waals surface area contributed by atoms with Crippen molar-refractivity contribution in [3.63, 3.8) is 0 Å². The molecule has 1 saturated heterocycles. The fourth-order valence-electron chi connectivity index (χ4n) is 5.69. The number of piperazine rings is 1. The number of rotatable bonds is 7. The monoisotopic (exact) mass is 516 g/mol. The van der Waals surface area contributed by atoms with Crippen molar-refractivity contribution in [3.8, 4) is 0 Å². The number of hydrogen-bond acceptors (Lipinski definition) is 5. The van der Waals surface area contributed by atoms with Crippen molar-refractivity contribution in [3.05, 3.63) is 46.1 Å². The third-order valence-electron chi connectivity index (χ3n) is 7.53. The van der Waals surface area contributed by atoms with Crippen LogP contribution in [0, 0.1) is 5.92 Å². The third kappa shape index (κ3) is 5.54. The molecule has 36 heavy (non-hydrogen) atoms. The summed E-state index contributed by atoms with van der Waals surface area (Å²) in [5.74, 6) is 0.00462. The standard InChI is InChI=1S/C27H37ClN4O4/c1-4-31-22(17-30-14-15-32(18(3)16-30)25(33)20-8-6-7-9-20)23(26(34)36-5-2)24(29-27(31)35)19-10-12-21(28)13-11-19/h10-13,18,20,24H,4-9,14-17H2,1-3H3,(H,29,35)/t18-,24+/m0/s1. The number of nitrogens with zero attached hydrogens (tertiary/aromatic N) is 3. The van der Waals surface area contributed by atoms with Gasteiger partial charge >= 0.3 is 12.0 Å². The van der Waals surface area contributed by atoms with Crippen LogP contribution in [0.3, 0.4) is 0 Å². The predicted molar refractivity (Wildman–Crippen MR) is 138 cm³/mol. The van der Waals surface area contributed by atoms with Gasteiger partial charge in [0, 0.05) is 55.4 Å². The van der Waals surface area contributed by atoms with Gasteiger partial charge in [-0.05, 0) is 51.3 Å². The molecule has 2 atom stereocenters. The first kappa shape index (κ1) is 26.5. The lowest BCUT2D eigenvalue weighted by atomic mass is 9.94. The average molecular weight is 517 g/mol. The van der Waals surface area contributed by atoms with Gasteiger partial charge in [-0.1, -0.05) is 36.6 Å². The first-order chi connectivity index (χ1) is 17.3. The van der Waals surface area contributed by atoms with E-state index in [-0.39, 0.29) is 30.5 Å². The number of nitrogens with one attached hydrogen (secondary N) is 1.